The van der Waals surface area contributed by atoms with Crippen molar-refractivity contribution < 1.29 is 28.3 Å². The van der Waals surface area contributed by atoms with Crippen LogP contribution in [0.3, 0.4) is 0 Å². The first-order chi connectivity index (χ1) is 16.4. The molecule has 4 amide bonds. The lowest BCUT2D eigenvalue weighted by Crippen LogP contribution is -2.61. The maximum Gasteiger partial charge on any atom is 0.262 e. The van der Waals surface area contributed by atoms with E-state index in [0.29, 0.717) is 12.4 Å². The number of nitrogens with zero attached hydrogens (tertiary/aromatic N) is 1. The average molecular weight is 495 g/mol. The van der Waals surface area contributed by atoms with E-state index < -0.39 is 44.1 Å². The van der Waals surface area contributed by atoms with Gasteiger partial charge in [0.05, 0.1) is 11.1 Å². The van der Waals surface area contributed by atoms with Gasteiger partial charge in [0, 0.05) is 6.42 Å². The predicted molar refractivity (Wildman–Crippen MR) is 131 cm³/mol. The van der Waals surface area contributed by atoms with Gasteiger partial charge in [0.1, 0.15) is 24.5 Å². The van der Waals surface area contributed by atoms with Crippen molar-refractivity contribution in [1.29, 1.82) is 0 Å². The number of fused-ring (bicyclic) bond motifs is 1. The second-order valence-electron chi connectivity index (χ2n) is 10.4. The smallest absolute Gasteiger partial charge is 0.262 e. The van der Waals surface area contributed by atoms with E-state index in [1.54, 1.807) is 6.07 Å². The Bertz CT molecular complexity index is 1190. The number of carbonyl (C=O) groups is 4. The molecule has 0 aliphatic carbocycles. The van der Waals surface area contributed by atoms with Crippen LogP contribution in [0.5, 0.6) is 5.75 Å². The summed E-state index contributed by atoms with van der Waals surface area (Å²) in [4.78, 5) is 52.6. The summed E-state index contributed by atoms with van der Waals surface area (Å²) in [7, 11) is -2.34. The van der Waals surface area contributed by atoms with E-state index in [2.05, 4.69) is 5.32 Å². The number of carbonyl (C=O) groups excluding carboxylic acids is 4. The molecular formula is C26H30N2O6Si. The first-order valence-corrected chi connectivity index (χ1v) is 14.5. The van der Waals surface area contributed by atoms with E-state index in [0.717, 1.165) is 10.5 Å². The molecular weight excluding hydrogens is 464 g/mol. The van der Waals surface area contributed by atoms with Gasteiger partial charge in [-0.15, -0.1) is 0 Å². The SMILES string of the molecule is CC(C)(C)[Si](C)(C)O[C@@H]1C[C@H](N2C(=O)c3ccc(OCc4ccccc4)cc3C2=O)C(=O)NC1=O. The molecule has 0 spiro atoms. The minimum atomic E-state index is -2.34. The fourth-order valence-corrected chi connectivity index (χ4v) is 5.18. The van der Waals surface area contributed by atoms with Gasteiger partial charge in [-0.05, 0) is 41.9 Å². The quantitative estimate of drug-likeness (QED) is 0.486. The number of nitrogens with one attached hydrogen (secondary N) is 1. The van der Waals surface area contributed by atoms with Gasteiger partial charge in [-0.25, -0.2) is 0 Å². The molecule has 1 N–H and O–H groups in total. The number of imide groups is 2. The fourth-order valence-electron chi connectivity index (χ4n) is 3.91. The van der Waals surface area contributed by atoms with Crippen LogP contribution in [0, 0.1) is 0 Å². The first-order valence-electron chi connectivity index (χ1n) is 11.6. The highest BCUT2D eigenvalue weighted by molar-refractivity contribution is 6.74. The molecule has 0 aromatic heterocycles. The molecule has 1 saturated heterocycles. The van der Waals surface area contributed by atoms with Crippen LogP contribution < -0.4 is 10.1 Å². The van der Waals surface area contributed by atoms with Crippen LogP contribution in [0.4, 0.5) is 0 Å². The standard InChI is InChI=1S/C26H30N2O6Si/c1-26(2,3)35(4,5)34-21-14-20(22(29)27-23(21)30)28-24(31)18-12-11-17(13-19(18)25(28)32)33-15-16-9-7-6-8-10-16/h6-13,20-21H,14-15H2,1-5H3,(H,27,29,30)/t20-,21+/m0/s1. The van der Waals surface area contributed by atoms with Crippen molar-refractivity contribution in [3.8, 4) is 5.75 Å². The van der Waals surface area contributed by atoms with Gasteiger partial charge < -0.3 is 9.16 Å². The van der Waals surface area contributed by atoms with Gasteiger partial charge in [0.2, 0.25) is 5.91 Å². The van der Waals surface area contributed by atoms with Gasteiger partial charge in [0.15, 0.2) is 8.32 Å². The van der Waals surface area contributed by atoms with E-state index in [1.165, 1.54) is 12.1 Å². The van der Waals surface area contributed by atoms with Crippen LogP contribution >= 0.6 is 0 Å². The normalized spacial score (nSPS) is 20.7. The number of benzene rings is 2. The third-order valence-electron chi connectivity index (χ3n) is 6.97. The highest BCUT2D eigenvalue weighted by atomic mass is 28.4. The first kappa shape index (κ1) is 24.8. The molecule has 2 aliphatic rings. The lowest BCUT2D eigenvalue weighted by molar-refractivity contribution is -0.142. The third kappa shape index (κ3) is 4.78. The van der Waals surface area contributed by atoms with Gasteiger partial charge >= 0.3 is 0 Å². The number of ether oxygens (including phenoxy) is 1. The van der Waals surface area contributed by atoms with E-state index in [1.807, 2.05) is 64.2 Å². The molecule has 9 heteroatoms. The van der Waals surface area contributed by atoms with Crippen molar-refractivity contribution in [2.75, 3.05) is 0 Å². The number of amides is 4. The van der Waals surface area contributed by atoms with E-state index in [9.17, 15) is 19.2 Å². The number of hydrogen-bond acceptors (Lipinski definition) is 6. The van der Waals surface area contributed by atoms with Crippen LogP contribution in [0.1, 0.15) is 53.5 Å². The molecule has 0 radical (unpaired) electrons. The molecule has 0 unspecified atom stereocenters. The average Bonchev–Trinajstić information content (AvgIpc) is 3.04. The monoisotopic (exact) mass is 494 g/mol. The molecule has 2 atom stereocenters. The second kappa shape index (κ2) is 9.05. The zero-order valence-electron chi connectivity index (χ0n) is 20.6. The highest BCUT2D eigenvalue weighted by Crippen LogP contribution is 2.39. The van der Waals surface area contributed by atoms with Crippen molar-refractivity contribution in [1.82, 2.24) is 10.2 Å². The minimum Gasteiger partial charge on any atom is -0.489 e. The molecule has 184 valence electrons. The van der Waals surface area contributed by atoms with Gasteiger partial charge in [-0.2, -0.15) is 0 Å². The van der Waals surface area contributed by atoms with E-state index in [-0.39, 0.29) is 22.6 Å². The summed E-state index contributed by atoms with van der Waals surface area (Å²) >= 11 is 0. The van der Waals surface area contributed by atoms with Crippen molar-refractivity contribution in [3.05, 3.63) is 65.2 Å². The summed E-state index contributed by atoms with van der Waals surface area (Å²) < 4.78 is 12.0. The van der Waals surface area contributed by atoms with Crippen molar-refractivity contribution in [2.45, 2.75) is 64.1 Å². The van der Waals surface area contributed by atoms with Crippen molar-refractivity contribution in [3.63, 3.8) is 0 Å². The lowest BCUT2D eigenvalue weighted by Gasteiger charge is -2.41. The van der Waals surface area contributed by atoms with Gasteiger partial charge in [-0.3, -0.25) is 29.4 Å². The maximum absolute atomic E-state index is 13.3. The van der Waals surface area contributed by atoms with Crippen LogP contribution in [-0.2, 0) is 20.6 Å². The summed E-state index contributed by atoms with van der Waals surface area (Å²) in [5.74, 6) is -1.93. The third-order valence-corrected chi connectivity index (χ3v) is 11.5. The molecule has 4 rings (SSSR count). The molecule has 0 saturated carbocycles. The molecule has 8 nitrogen and oxygen atoms in total. The number of piperidine rings is 1. The molecule has 1 fully saturated rings. The Morgan fingerprint density at radius 3 is 2.26 bits per heavy atom. The van der Waals surface area contributed by atoms with E-state index in [4.69, 9.17) is 9.16 Å². The minimum absolute atomic E-state index is 0.0694. The lowest BCUT2D eigenvalue weighted by atomic mass is 10.0. The largest absolute Gasteiger partial charge is 0.489 e. The van der Waals surface area contributed by atoms with Gasteiger partial charge in [-0.1, -0.05) is 51.1 Å². The Labute approximate surface area is 205 Å². The van der Waals surface area contributed by atoms with Gasteiger partial charge in [0.25, 0.3) is 17.7 Å². The Hall–Kier alpha value is -3.30. The zero-order chi connectivity index (χ0) is 25.5. The van der Waals surface area contributed by atoms with Crippen molar-refractivity contribution >= 4 is 31.9 Å². The van der Waals surface area contributed by atoms with Crippen LogP contribution in [0.2, 0.25) is 18.1 Å². The fraction of sp³-hybridized carbons (Fsp3) is 0.385. The van der Waals surface area contributed by atoms with Crippen molar-refractivity contribution in [2.24, 2.45) is 0 Å². The van der Waals surface area contributed by atoms with E-state index >= 15 is 0 Å². The van der Waals surface area contributed by atoms with Crippen LogP contribution in [0.25, 0.3) is 0 Å². The molecule has 2 aromatic carbocycles. The maximum atomic E-state index is 13.3. The summed E-state index contributed by atoms with van der Waals surface area (Å²) in [6.45, 7) is 10.5. The molecule has 0 bridgehead atoms. The Kier molecular flexibility index (Phi) is 6.41. The molecule has 2 aliphatic heterocycles. The molecule has 2 aromatic rings. The second-order valence-corrected chi connectivity index (χ2v) is 15.2. The topological polar surface area (TPSA) is 102 Å². The predicted octanol–water partition coefficient (Wildman–Crippen LogP) is 3.67. The summed E-state index contributed by atoms with van der Waals surface area (Å²) in [6, 6.07) is 13.1. The van der Waals surface area contributed by atoms with Crippen LogP contribution in [-0.4, -0.2) is 49.0 Å². The Morgan fingerprint density at radius 1 is 0.943 bits per heavy atom. The van der Waals surface area contributed by atoms with Crippen LogP contribution in [0.15, 0.2) is 48.5 Å². The number of rotatable bonds is 6. The Morgan fingerprint density at radius 2 is 1.60 bits per heavy atom. The zero-order valence-corrected chi connectivity index (χ0v) is 21.6. The highest BCUT2D eigenvalue weighted by Gasteiger charge is 2.49. The number of hydrogen-bond donors (Lipinski definition) is 1. The summed E-state index contributed by atoms with van der Waals surface area (Å²) in [5, 5.41) is 2.14. The molecule has 35 heavy (non-hydrogen) atoms. The molecule has 2 heterocycles. The summed E-state index contributed by atoms with van der Waals surface area (Å²) in [6.07, 6.45) is -0.993. The Balaban J connectivity index is 1.53. The summed E-state index contributed by atoms with van der Waals surface area (Å²) in [5.41, 5.74) is 1.34.